The Hall–Kier alpha value is -2.53. The molecule has 4 nitrogen and oxygen atoms in total. The van der Waals surface area contributed by atoms with Crippen LogP contribution in [0.1, 0.15) is 10.4 Å². The van der Waals surface area contributed by atoms with E-state index in [4.69, 9.17) is 4.74 Å². The fourth-order valence-electron chi connectivity index (χ4n) is 2.38. The van der Waals surface area contributed by atoms with Gasteiger partial charge in [-0.05, 0) is 36.4 Å². The van der Waals surface area contributed by atoms with Crippen LogP contribution in [0, 0.1) is 0 Å². The summed E-state index contributed by atoms with van der Waals surface area (Å²) in [5, 5.41) is 4.07. The minimum Gasteiger partial charge on any atom is -0.496 e. The van der Waals surface area contributed by atoms with Crippen molar-refractivity contribution in [1.82, 2.24) is 5.32 Å². The van der Waals surface area contributed by atoms with Gasteiger partial charge in [0.2, 0.25) is 0 Å². The van der Waals surface area contributed by atoms with Gasteiger partial charge in [-0.2, -0.15) is 0 Å². The smallest absolute Gasteiger partial charge is 0.255 e. The number of carbonyl (C=O) groups excluding carboxylic acids is 1. The van der Waals surface area contributed by atoms with Gasteiger partial charge < -0.3 is 15.0 Å². The number of methoxy groups -OCH3 is 1. The molecule has 1 amide bonds. The first kappa shape index (κ1) is 15.4. The summed E-state index contributed by atoms with van der Waals surface area (Å²) in [6.07, 6.45) is 3.78. The SMILES string of the molecule is COc1ccccc1C1=CC(=Cc2ccc(N(C)C)s2)C(=O)N1. The molecule has 1 aromatic heterocycles. The molecule has 0 saturated heterocycles. The molecule has 0 aliphatic carbocycles. The second-order valence-electron chi connectivity index (χ2n) is 5.38. The topological polar surface area (TPSA) is 41.6 Å². The van der Waals surface area contributed by atoms with Gasteiger partial charge in [0.15, 0.2) is 0 Å². The Balaban J connectivity index is 1.93. The lowest BCUT2D eigenvalue weighted by Gasteiger charge is -2.08. The molecule has 0 saturated carbocycles. The van der Waals surface area contributed by atoms with Crippen LogP contribution in [-0.2, 0) is 4.79 Å². The number of ether oxygens (including phenoxy) is 1. The largest absolute Gasteiger partial charge is 0.496 e. The minimum atomic E-state index is -0.0919. The Kier molecular flexibility index (Phi) is 4.21. The Morgan fingerprint density at radius 1 is 1.17 bits per heavy atom. The molecule has 0 radical (unpaired) electrons. The van der Waals surface area contributed by atoms with E-state index in [0.29, 0.717) is 5.57 Å². The maximum Gasteiger partial charge on any atom is 0.255 e. The number of benzene rings is 1. The highest BCUT2D eigenvalue weighted by Gasteiger charge is 2.21. The minimum absolute atomic E-state index is 0.0919. The Bertz CT molecular complexity index is 803. The molecule has 0 unspecified atom stereocenters. The second-order valence-corrected chi connectivity index (χ2v) is 6.48. The summed E-state index contributed by atoms with van der Waals surface area (Å²) in [7, 11) is 5.64. The van der Waals surface area contributed by atoms with Crippen LogP contribution >= 0.6 is 11.3 Å². The molecule has 23 heavy (non-hydrogen) atoms. The Morgan fingerprint density at radius 2 is 1.96 bits per heavy atom. The summed E-state index contributed by atoms with van der Waals surface area (Å²) in [5.41, 5.74) is 2.30. The van der Waals surface area contributed by atoms with Gasteiger partial charge >= 0.3 is 0 Å². The van der Waals surface area contributed by atoms with Crippen molar-refractivity contribution in [2.75, 3.05) is 26.1 Å². The maximum atomic E-state index is 12.2. The molecule has 1 aliphatic rings. The standard InChI is InChI=1S/C18H18N2O2S/c1-20(2)17-9-8-13(23-17)10-12-11-15(19-18(12)21)14-6-4-5-7-16(14)22-3/h4-11H,1-3H3,(H,19,21). The van der Waals surface area contributed by atoms with Gasteiger partial charge in [-0.3, -0.25) is 4.79 Å². The van der Waals surface area contributed by atoms with E-state index in [1.807, 2.05) is 56.6 Å². The zero-order valence-corrected chi connectivity index (χ0v) is 14.1. The summed E-state index contributed by atoms with van der Waals surface area (Å²) < 4.78 is 5.36. The van der Waals surface area contributed by atoms with Crippen molar-refractivity contribution in [3.63, 3.8) is 0 Å². The molecule has 1 N–H and O–H groups in total. The second kappa shape index (κ2) is 6.30. The number of hydrogen-bond acceptors (Lipinski definition) is 4. The number of nitrogens with zero attached hydrogens (tertiary/aromatic N) is 1. The van der Waals surface area contributed by atoms with Crippen LogP contribution < -0.4 is 15.0 Å². The molecule has 0 spiro atoms. The molecular formula is C18H18N2O2S. The molecule has 0 fully saturated rings. The van der Waals surface area contributed by atoms with Crippen LogP contribution in [0.2, 0.25) is 0 Å². The lowest BCUT2D eigenvalue weighted by atomic mass is 10.1. The molecule has 1 aliphatic heterocycles. The average molecular weight is 326 g/mol. The molecular weight excluding hydrogens is 308 g/mol. The predicted molar refractivity (Wildman–Crippen MR) is 95.7 cm³/mol. The van der Waals surface area contributed by atoms with Gasteiger partial charge in [0.1, 0.15) is 5.75 Å². The summed E-state index contributed by atoms with van der Waals surface area (Å²) >= 11 is 1.65. The first-order valence-electron chi connectivity index (χ1n) is 7.24. The number of anilines is 1. The van der Waals surface area contributed by atoms with Gasteiger partial charge in [-0.15, -0.1) is 11.3 Å². The van der Waals surface area contributed by atoms with E-state index in [0.717, 1.165) is 26.9 Å². The molecule has 1 aromatic carbocycles. The summed E-state index contributed by atoms with van der Waals surface area (Å²) in [4.78, 5) is 15.3. The number of rotatable bonds is 4. The number of nitrogens with one attached hydrogen (secondary N) is 1. The molecule has 3 rings (SSSR count). The lowest BCUT2D eigenvalue weighted by Crippen LogP contribution is -2.16. The summed E-state index contributed by atoms with van der Waals surface area (Å²) in [6, 6.07) is 11.7. The molecule has 0 atom stereocenters. The van der Waals surface area contributed by atoms with Crippen LogP contribution in [0.15, 0.2) is 48.0 Å². The number of carbonyl (C=O) groups is 1. The number of thiophene rings is 1. The van der Waals surface area contributed by atoms with Gasteiger partial charge in [0, 0.05) is 30.1 Å². The third-order valence-corrected chi connectivity index (χ3v) is 4.76. The van der Waals surface area contributed by atoms with E-state index in [1.165, 1.54) is 0 Å². The van der Waals surface area contributed by atoms with Crippen molar-refractivity contribution >= 4 is 34.0 Å². The molecule has 2 heterocycles. The van der Waals surface area contributed by atoms with Crippen LogP contribution in [0.4, 0.5) is 5.00 Å². The first-order valence-corrected chi connectivity index (χ1v) is 8.05. The third kappa shape index (κ3) is 3.14. The Labute approximate surface area is 139 Å². The van der Waals surface area contributed by atoms with Crippen molar-refractivity contribution in [2.24, 2.45) is 0 Å². The predicted octanol–water partition coefficient (Wildman–Crippen LogP) is 3.38. The van der Waals surface area contributed by atoms with Gasteiger partial charge in [-0.1, -0.05) is 12.1 Å². The van der Waals surface area contributed by atoms with Crippen molar-refractivity contribution in [3.05, 3.63) is 58.5 Å². The molecule has 0 bridgehead atoms. The van der Waals surface area contributed by atoms with Gasteiger partial charge in [-0.25, -0.2) is 0 Å². The van der Waals surface area contributed by atoms with E-state index in [2.05, 4.69) is 16.3 Å². The van der Waals surface area contributed by atoms with Crippen LogP contribution in [0.25, 0.3) is 11.8 Å². The van der Waals surface area contributed by atoms with E-state index in [1.54, 1.807) is 18.4 Å². The van der Waals surface area contributed by atoms with Crippen molar-refractivity contribution < 1.29 is 9.53 Å². The first-order chi connectivity index (χ1) is 11.1. The average Bonchev–Trinajstić information content (AvgIpc) is 3.15. The third-order valence-electron chi connectivity index (χ3n) is 3.56. The van der Waals surface area contributed by atoms with Crippen LogP contribution in [-0.4, -0.2) is 27.1 Å². The van der Waals surface area contributed by atoms with Gasteiger partial charge in [0.05, 0.1) is 17.8 Å². The van der Waals surface area contributed by atoms with E-state index in [-0.39, 0.29) is 5.91 Å². The molecule has 2 aromatic rings. The van der Waals surface area contributed by atoms with Crippen molar-refractivity contribution in [2.45, 2.75) is 0 Å². The number of hydrogen-bond donors (Lipinski definition) is 1. The summed E-state index contributed by atoms with van der Waals surface area (Å²) in [5.74, 6) is 0.650. The van der Waals surface area contributed by atoms with Crippen LogP contribution in [0.3, 0.4) is 0 Å². The van der Waals surface area contributed by atoms with Crippen LogP contribution in [0.5, 0.6) is 5.75 Å². The highest BCUT2D eigenvalue weighted by Crippen LogP contribution is 2.31. The van der Waals surface area contributed by atoms with E-state index >= 15 is 0 Å². The summed E-state index contributed by atoms with van der Waals surface area (Å²) in [6.45, 7) is 0. The monoisotopic (exact) mass is 326 g/mol. The Morgan fingerprint density at radius 3 is 2.65 bits per heavy atom. The molecule has 118 valence electrons. The highest BCUT2D eigenvalue weighted by molar-refractivity contribution is 7.16. The quantitative estimate of drug-likeness (QED) is 0.876. The number of para-hydroxylation sites is 1. The normalized spacial score (nSPS) is 15.5. The van der Waals surface area contributed by atoms with Crippen molar-refractivity contribution in [1.29, 1.82) is 0 Å². The zero-order chi connectivity index (χ0) is 16.4. The van der Waals surface area contributed by atoms with Gasteiger partial charge in [0.25, 0.3) is 5.91 Å². The fraction of sp³-hybridized carbons (Fsp3) is 0.167. The molecule has 5 heteroatoms. The zero-order valence-electron chi connectivity index (χ0n) is 13.3. The number of amides is 1. The maximum absolute atomic E-state index is 12.2. The van der Waals surface area contributed by atoms with E-state index in [9.17, 15) is 4.79 Å². The van der Waals surface area contributed by atoms with Crippen molar-refractivity contribution in [3.8, 4) is 5.75 Å². The fourth-order valence-corrected chi connectivity index (χ4v) is 3.27. The van der Waals surface area contributed by atoms with E-state index < -0.39 is 0 Å². The highest BCUT2D eigenvalue weighted by atomic mass is 32.1. The lowest BCUT2D eigenvalue weighted by molar-refractivity contribution is -0.115.